The second-order valence-electron chi connectivity index (χ2n) is 12.7. The Hall–Kier alpha value is -4.96. The predicted octanol–water partition coefficient (Wildman–Crippen LogP) is 3.08. The Kier molecular flexibility index (Phi) is 15.4. The van der Waals surface area contributed by atoms with Crippen LogP contribution in [0.15, 0.2) is 72.8 Å². The van der Waals surface area contributed by atoms with Crippen molar-refractivity contribution in [1.29, 1.82) is 0 Å². The van der Waals surface area contributed by atoms with Gasteiger partial charge in [-0.25, -0.2) is 0 Å². The molecule has 0 saturated heterocycles. The van der Waals surface area contributed by atoms with Crippen LogP contribution in [0.4, 0.5) is 0 Å². The van der Waals surface area contributed by atoms with E-state index in [9.17, 15) is 40.9 Å². The van der Waals surface area contributed by atoms with E-state index in [4.69, 9.17) is 28.4 Å². The molecule has 4 aromatic carbocycles. The third-order valence-electron chi connectivity index (χ3n) is 9.30. The molecule has 0 heterocycles. The number of aromatic hydroxyl groups is 2. The van der Waals surface area contributed by atoms with Crippen molar-refractivity contribution in [2.45, 2.75) is 37.3 Å². The number of aliphatic hydroxyl groups excluding tert-OH is 6. The van der Waals surface area contributed by atoms with E-state index in [1.165, 1.54) is 64.8 Å². The minimum atomic E-state index is -1.27. The second kappa shape index (κ2) is 19.9. The first kappa shape index (κ1) is 41.8. The van der Waals surface area contributed by atoms with Gasteiger partial charge in [0.2, 0.25) is 0 Å². The number of rotatable bonds is 21. The Bertz CT molecular complexity index is 1650. The van der Waals surface area contributed by atoms with Crippen LogP contribution in [0.25, 0.3) is 0 Å². The molecule has 0 spiro atoms. The van der Waals surface area contributed by atoms with Gasteiger partial charge in [0.1, 0.15) is 12.2 Å². The number of phenolic OH excluding ortho intramolecular Hbond substituents is 2. The van der Waals surface area contributed by atoms with Crippen molar-refractivity contribution in [1.82, 2.24) is 0 Å². The molecule has 0 bridgehead atoms. The van der Waals surface area contributed by atoms with Gasteiger partial charge in [-0.1, -0.05) is 24.3 Å². The highest BCUT2D eigenvalue weighted by molar-refractivity contribution is 5.46. The molecule has 4 unspecified atom stereocenters. The average Bonchev–Trinajstić information content (AvgIpc) is 3.20. The molecule has 14 heteroatoms. The maximum absolute atomic E-state index is 11.0. The number of aliphatic hydroxyl groups is 6. The van der Waals surface area contributed by atoms with Crippen molar-refractivity contribution in [3.8, 4) is 46.0 Å². The number of methoxy groups -OCH3 is 4. The van der Waals surface area contributed by atoms with Crippen molar-refractivity contribution in [2.24, 2.45) is 11.8 Å². The summed E-state index contributed by atoms with van der Waals surface area (Å²) in [5, 5.41) is 82.7. The van der Waals surface area contributed by atoms with E-state index in [1.807, 2.05) is 0 Å². The zero-order valence-electron chi connectivity index (χ0n) is 30.7. The average molecular weight is 755 g/mol. The van der Waals surface area contributed by atoms with Gasteiger partial charge in [0.25, 0.3) is 0 Å². The fourth-order valence-corrected chi connectivity index (χ4v) is 6.15. The minimum absolute atomic E-state index is 0.0982. The zero-order valence-corrected chi connectivity index (χ0v) is 30.7. The van der Waals surface area contributed by atoms with E-state index in [0.29, 0.717) is 35.5 Å². The molecular formula is C40H50O14. The number of hydrogen-bond donors (Lipinski definition) is 8. The number of benzene rings is 4. The third kappa shape index (κ3) is 10.2. The normalized spacial score (nSPS) is 14.6. The Morgan fingerprint density at radius 1 is 0.444 bits per heavy atom. The molecule has 4 aromatic rings. The van der Waals surface area contributed by atoms with Crippen LogP contribution < -0.4 is 28.4 Å². The van der Waals surface area contributed by atoms with Crippen LogP contribution in [-0.2, 0) is 12.8 Å². The predicted molar refractivity (Wildman–Crippen MR) is 197 cm³/mol. The SMILES string of the molecule is COc1cc(C(O)C(CO)Oc2ccc(C[C@@H](CO)[C@H](CO)Cc3ccc(OC(CO)C(O)c4ccc(O)c(OC)c4)c(OC)c3)cc2OC)ccc1O. The lowest BCUT2D eigenvalue weighted by Gasteiger charge is -2.26. The first-order chi connectivity index (χ1) is 26.0. The molecule has 8 N–H and O–H groups in total. The topological polar surface area (TPSA) is 217 Å². The molecular weight excluding hydrogens is 704 g/mol. The highest BCUT2D eigenvalue weighted by Crippen LogP contribution is 2.37. The molecule has 54 heavy (non-hydrogen) atoms. The molecule has 0 saturated carbocycles. The summed E-state index contributed by atoms with van der Waals surface area (Å²) in [7, 11) is 5.68. The Labute approximate surface area is 313 Å². The fourth-order valence-electron chi connectivity index (χ4n) is 6.15. The monoisotopic (exact) mass is 754 g/mol. The van der Waals surface area contributed by atoms with Crippen molar-refractivity contribution in [2.75, 3.05) is 54.9 Å². The number of phenols is 2. The third-order valence-corrected chi connectivity index (χ3v) is 9.30. The summed E-state index contributed by atoms with van der Waals surface area (Å²) in [4.78, 5) is 0. The minimum Gasteiger partial charge on any atom is -0.504 e. The van der Waals surface area contributed by atoms with Crippen molar-refractivity contribution in [3.63, 3.8) is 0 Å². The largest absolute Gasteiger partial charge is 0.504 e. The molecule has 14 nitrogen and oxygen atoms in total. The van der Waals surface area contributed by atoms with E-state index < -0.39 is 37.6 Å². The van der Waals surface area contributed by atoms with Gasteiger partial charge in [0, 0.05) is 13.2 Å². The molecule has 0 amide bonds. The lowest BCUT2D eigenvalue weighted by atomic mass is 9.83. The van der Waals surface area contributed by atoms with Gasteiger partial charge in [-0.3, -0.25) is 0 Å². The summed E-state index contributed by atoms with van der Waals surface area (Å²) >= 11 is 0. The van der Waals surface area contributed by atoms with Crippen LogP contribution in [0.1, 0.15) is 34.5 Å². The quantitative estimate of drug-likeness (QED) is 0.0614. The molecule has 6 atom stereocenters. The maximum atomic E-state index is 11.0. The number of ether oxygens (including phenoxy) is 6. The Morgan fingerprint density at radius 3 is 1.13 bits per heavy atom. The van der Waals surface area contributed by atoms with E-state index in [1.54, 1.807) is 36.4 Å². The van der Waals surface area contributed by atoms with E-state index in [0.717, 1.165) is 11.1 Å². The zero-order chi connectivity index (χ0) is 39.4. The summed E-state index contributed by atoms with van der Waals surface area (Å²) in [6, 6.07) is 18.9. The van der Waals surface area contributed by atoms with Gasteiger partial charge in [0.05, 0.1) is 41.7 Å². The van der Waals surface area contributed by atoms with Crippen molar-refractivity contribution >= 4 is 0 Å². The molecule has 0 aliphatic heterocycles. The van der Waals surface area contributed by atoms with Gasteiger partial charge in [0.15, 0.2) is 58.2 Å². The highest BCUT2D eigenvalue weighted by Gasteiger charge is 2.28. The summed E-state index contributed by atoms with van der Waals surface area (Å²) < 4.78 is 33.3. The lowest BCUT2D eigenvalue weighted by molar-refractivity contribution is -0.000613. The standard InChI is InChI=1S/C40H50O14/c1-49-33-17-25(7-9-29(33)45)39(47)37(21-43)53-31-11-5-23(15-35(31)51-3)13-27(19-41)28(20-42)14-24-6-12-32(36(16-24)52-4)54-38(22-44)40(48)26-8-10-30(46)34(18-26)50-2/h5-12,15-18,27-28,37-48H,13-14,19-22H2,1-4H3/t27-,28-,37?,38?,39?,40?/m0/s1. The van der Waals surface area contributed by atoms with Gasteiger partial charge in [-0.15, -0.1) is 0 Å². The van der Waals surface area contributed by atoms with E-state index in [-0.39, 0.29) is 59.5 Å². The van der Waals surface area contributed by atoms with Gasteiger partial charge >= 0.3 is 0 Å². The van der Waals surface area contributed by atoms with Crippen molar-refractivity contribution in [3.05, 3.63) is 95.1 Å². The summed E-state index contributed by atoms with van der Waals surface area (Å²) in [5.74, 6) is 0.554. The summed E-state index contributed by atoms with van der Waals surface area (Å²) in [6.07, 6.45) is -3.97. The first-order valence-corrected chi connectivity index (χ1v) is 17.2. The van der Waals surface area contributed by atoms with Gasteiger partial charge in [-0.2, -0.15) is 0 Å². The Balaban J connectivity index is 1.46. The van der Waals surface area contributed by atoms with Crippen LogP contribution in [-0.4, -0.2) is 108 Å². The molecule has 0 radical (unpaired) electrons. The second-order valence-corrected chi connectivity index (χ2v) is 12.7. The molecule has 0 aromatic heterocycles. The smallest absolute Gasteiger partial charge is 0.161 e. The molecule has 4 rings (SSSR count). The lowest BCUT2D eigenvalue weighted by Crippen LogP contribution is -2.29. The van der Waals surface area contributed by atoms with Gasteiger partial charge < -0.3 is 69.3 Å². The summed E-state index contributed by atoms with van der Waals surface area (Å²) in [6.45, 7) is -1.51. The molecule has 0 aliphatic carbocycles. The molecule has 0 aliphatic rings. The Morgan fingerprint density at radius 2 is 0.815 bits per heavy atom. The van der Waals surface area contributed by atoms with E-state index in [2.05, 4.69) is 0 Å². The molecule has 294 valence electrons. The van der Waals surface area contributed by atoms with Crippen LogP contribution in [0.5, 0.6) is 46.0 Å². The van der Waals surface area contributed by atoms with Crippen LogP contribution in [0, 0.1) is 11.8 Å². The van der Waals surface area contributed by atoms with Gasteiger partial charge in [-0.05, 0) is 95.5 Å². The van der Waals surface area contributed by atoms with Crippen LogP contribution in [0.3, 0.4) is 0 Å². The van der Waals surface area contributed by atoms with Crippen molar-refractivity contribution < 1.29 is 69.3 Å². The first-order valence-electron chi connectivity index (χ1n) is 17.2. The maximum Gasteiger partial charge on any atom is 0.161 e. The van der Waals surface area contributed by atoms with Crippen LogP contribution >= 0.6 is 0 Å². The van der Waals surface area contributed by atoms with Crippen LogP contribution in [0.2, 0.25) is 0 Å². The highest BCUT2D eigenvalue weighted by atomic mass is 16.5. The van der Waals surface area contributed by atoms with E-state index >= 15 is 0 Å². The fraction of sp³-hybridized carbons (Fsp3) is 0.400. The summed E-state index contributed by atoms with van der Waals surface area (Å²) in [5.41, 5.74) is 2.28. The number of hydrogen-bond acceptors (Lipinski definition) is 14. The molecule has 0 fully saturated rings.